The summed E-state index contributed by atoms with van der Waals surface area (Å²) in [5.41, 5.74) is 0.379. The Kier molecular flexibility index (Phi) is 4.59. The zero-order valence-corrected chi connectivity index (χ0v) is 12.3. The van der Waals surface area contributed by atoms with E-state index in [0.29, 0.717) is 17.9 Å². The van der Waals surface area contributed by atoms with Crippen LogP contribution in [-0.4, -0.2) is 37.0 Å². The molecule has 1 saturated heterocycles. The highest BCUT2D eigenvalue weighted by Gasteiger charge is 2.33. The van der Waals surface area contributed by atoms with Crippen LogP contribution in [0.5, 0.6) is 5.75 Å². The molecule has 2 rings (SSSR count). The molecule has 0 aromatic heterocycles. The molecule has 1 fully saturated rings. The van der Waals surface area contributed by atoms with Gasteiger partial charge in [0.15, 0.2) is 5.79 Å². The molecular formula is C15H18O6. The minimum Gasteiger partial charge on any atom is -0.459 e. The van der Waals surface area contributed by atoms with E-state index >= 15 is 0 Å². The van der Waals surface area contributed by atoms with Crippen LogP contribution in [0, 0.1) is 0 Å². The zero-order valence-electron chi connectivity index (χ0n) is 12.3. The van der Waals surface area contributed by atoms with E-state index < -0.39 is 17.7 Å². The largest absolute Gasteiger partial charge is 0.459 e. The summed E-state index contributed by atoms with van der Waals surface area (Å²) in [5, 5.41) is 0. The maximum atomic E-state index is 11.9. The molecule has 1 aromatic carbocycles. The molecule has 0 radical (unpaired) electrons. The lowest BCUT2D eigenvalue weighted by molar-refractivity contribution is -0.142. The minimum atomic E-state index is -0.636. The first kappa shape index (κ1) is 15.5. The summed E-state index contributed by atoms with van der Waals surface area (Å²) < 4.78 is 21.0. The summed E-state index contributed by atoms with van der Waals surface area (Å²) in [7, 11) is 0. The number of esters is 2. The van der Waals surface area contributed by atoms with Gasteiger partial charge in [-0.05, 0) is 38.1 Å². The number of carbonyl (C=O) groups excluding carboxylic acids is 2. The van der Waals surface area contributed by atoms with Crippen LogP contribution < -0.4 is 4.74 Å². The Morgan fingerprint density at radius 2 is 1.95 bits per heavy atom. The van der Waals surface area contributed by atoms with E-state index in [2.05, 4.69) is 0 Å². The van der Waals surface area contributed by atoms with Gasteiger partial charge in [0, 0.05) is 6.92 Å². The smallest absolute Gasteiger partial charge is 0.338 e. The fourth-order valence-corrected chi connectivity index (χ4v) is 1.92. The van der Waals surface area contributed by atoms with Gasteiger partial charge in [-0.1, -0.05) is 0 Å². The number of hydrogen-bond donors (Lipinski definition) is 0. The minimum absolute atomic E-state index is 0.133. The summed E-state index contributed by atoms with van der Waals surface area (Å²) in [4.78, 5) is 22.7. The van der Waals surface area contributed by atoms with Crippen molar-refractivity contribution in [3.8, 4) is 5.75 Å². The van der Waals surface area contributed by atoms with Crippen LogP contribution in [0.4, 0.5) is 0 Å². The normalized spacial score (nSPS) is 20.0. The van der Waals surface area contributed by atoms with Crippen molar-refractivity contribution in [1.29, 1.82) is 0 Å². The van der Waals surface area contributed by atoms with Crippen molar-refractivity contribution in [2.75, 3.05) is 13.2 Å². The van der Waals surface area contributed by atoms with Crippen molar-refractivity contribution in [3.63, 3.8) is 0 Å². The summed E-state index contributed by atoms with van der Waals surface area (Å²) in [6.45, 7) is 5.46. The number of benzene rings is 1. The molecular weight excluding hydrogens is 276 g/mol. The highest BCUT2D eigenvalue weighted by molar-refractivity contribution is 5.89. The molecule has 1 atom stereocenters. The van der Waals surface area contributed by atoms with E-state index in [9.17, 15) is 9.59 Å². The van der Waals surface area contributed by atoms with Gasteiger partial charge in [-0.15, -0.1) is 0 Å². The molecule has 1 heterocycles. The van der Waals surface area contributed by atoms with Crippen LogP contribution in [0.15, 0.2) is 24.3 Å². The number of rotatable bonds is 4. The number of carbonyl (C=O) groups is 2. The Balaban J connectivity index is 1.84. The lowest BCUT2D eigenvalue weighted by atomic mass is 10.2. The second-order valence-corrected chi connectivity index (χ2v) is 5.17. The third kappa shape index (κ3) is 4.54. The second kappa shape index (κ2) is 6.24. The maximum absolute atomic E-state index is 11.9. The topological polar surface area (TPSA) is 71.1 Å². The summed E-state index contributed by atoms with van der Waals surface area (Å²) in [6, 6.07) is 6.15. The third-order valence-corrected chi connectivity index (χ3v) is 2.82. The fraction of sp³-hybridized carbons (Fsp3) is 0.467. The van der Waals surface area contributed by atoms with Crippen LogP contribution in [-0.2, 0) is 19.0 Å². The zero-order chi connectivity index (χ0) is 15.5. The van der Waals surface area contributed by atoms with Gasteiger partial charge in [0.1, 0.15) is 18.5 Å². The Morgan fingerprint density at radius 3 is 2.48 bits per heavy atom. The Hall–Kier alpha value is -1.92. The molecule has 21 heavy (non-hydrogen) atoms. The SMILES string of the molecule is CC(=O)Oc1ccc(C(=O)OCC2COC(C)(C)O2)cc1. The van der Waals surface area contributed by atoms with Gasteiger partial charge >= 0.3 is 11.9 Å². The predicted molar refractivity (Wildman–Crippen MR) is 72.9 cm³/mol. The van der Waals surface area contributed by atoms with Crippen molar-refractivity contribution in [1.82, 2.24) is 0 Å². The highest BCUT2D eigenvalue weighted by atomic mass is 16.7. The summed E-state index contributed by atoms with van der Waals surface area (Å²) in [5.74, 6) is -1.12. The van der Waals surface area contributed by atoms with Crippen LogP contribution in [0.2, 0.25) is 0 Å². The Bertz CT molecular complexity index is 519. The molecule has 0 amide bonds. The average Bonchev–Trinajstić information content (AvgIpc) is 2.76. The molecule has 0 aliphatic carbocycles. The van der Waals surface area contributed by atoms with Crippen LogP contribution >= 0.6 is 0 Å². The van der Waals surface area contributed by atoms with Crippen LogP contribution in [0.3, 0.4) is 0 Å². The second-order valence-electron chi connectivity index (χ2n) is 5.17. The van der Waals surface area contributed by atoms with E-state index in [1.165, 1.54) is 31.2 Å². The molecule has 114 valence electrons. The first-order valence-corrected chi connectivity index (χ1v) is 6.63. The summed E-state index contributed by atoms with van der Waals surface area (Å²) >= 11 is 0. The Labute approximate surface area is 122 Å². The summed E-state index contributed by atoms with van der Waals surface area (Å²) in [6.07, 6.45) is -0.260. The first-order valence-electron chi connectivity index (χ1n) is 6.63. The van der Waals surface area contributed by atoms with E-state index in [1.807, 2.05) is 13.8 Å². The van der Waals surface area contributed by atoms with Crippen LogP contribution in [0.25, 0.3) is 0 Å². The number of ether oxygens (including phenoxy) is 4. The van der Waals surface area contributed by atoms with Crippen molar-refractivity contribution in [3.05, 3.63) is 29.8 Å². The van der Waals surface area contributed by atoms with Gasteiger partial charge in [-0.2, -0.15) is 0 Å². The van der Waals surface area contributed by atoms with Crippen molar-refractivity contribution in [2.24, 2.45) is 0 Å². The molecule has 0 saturated carbocycles. The molecule has 6 heteroatoms. The molecule has 0 N–H and O–H groups in total. The first-order chi connectivity index (χ1) is 9.85. The van der Waals surface area contributed by atoms with Crippen molar-refractivity contribution in [2.45, 2.75) is 32.7 Å². The van der Waals surface area contributed by atoms with Crippen LogP contribution in [0.1, 0.15) is 31.1 Å². The molecule has 6 nitrogen and oxygen atoms in total. The fourth-order valence-electron chi connectivity index (χ4n) is 1.92. The molecule has 0 spiro atoms. The monoisotopic (exact) mass is 294 g/mol. The Morgan fingerprint density at radius 1 is 1.29 bits per heavy atom. The lowest BCUT2D eigenvalue weighted by Crippen LogP contribution is -2.25. The standard InChI is InChI=1S/C15H18O6/c1-10(16)20-12-6-4-11(5-7-12)14(17)18-8-13-9-19-15(2,3)21-13/h4-7,13H,8-9H2,1-3H3. The van der Waals surface area contributed by atoms with E-state index in [-0.39, 0.29) is 12.7 Å². The van der Waals surface area contributed by atoms with Gasteiger partial charge in [-0.3, -0.25) is 4.79 Å². The van der Waals surface area contributed by atoms with Gasteiger partial charge in [-0.25, -0.2) is 4.79 Å². The molecule has 1 unspecified atom stereocenters. The quantitative estimate of drug-likeness (QED) is 0.624. The van der Waals surface area contributed by atoms with Crippen molar-refractivity contribution >= 4 is 11.9 Å². The maximum Gasteiger partial charge on any atom is 0.338 e. The molecule has 0 bridgehead atoms. The van der Waals surface area contributed by atoms with Gasteiger partial charge in [0.2, 0.25) is 0 Å². The van der Waals surface area contributed by atoms with E-state index in [4.69, 9.17) is 18.9 Å². The van der Waals surface area contributed by atoms with Gasteiger partial charge in [0.25, 0.3) is 0 Å². The number of hydrogen-bond acceptors (Lipinski definition) is 6. The van der Waals surface area contributed by atoms with Gasteiger partial charge in [0.05, 0.1) is 12.2 Å². The molecule has 1 aliphatic rings. The predicted octanol–water partition coefficient (Wildman–Crippen LogP) is 1.92. The average molecular weight is 294 g/mol. The molecule has 1 aliphatic heterocycles. The third-order valence-electron chi connectivity index (χ3n) is 2.82. The van der Waals surface area contributed by atoms with E-state index in [0.717, 1.165) is 0 Å². The lowest BCUT2D eigenvalue weighted by Gasteiger charge is -2.17. The van der Waals surface area contributed by atoms with E-state index in [1.54, 1.807) is 0 Å². The van der Waals surface area contributed by atoms with Gasteiger partial charge < -0.3 is 18.9 Å². The van der Waals surface area contributed by atoms with Crippen molar-refractivity contribution < 1.29 is 28.5 Å². The highest BCUT2D eigenvalue weighted by Crippen LogP contribution is 2.22. The molecule has 1 aromatic rings.